The molecule has 0 aromatic carbocycles. The normalized spacial score (nSPS) is 11.9. The van der Waals surface area contributed by atoms with Crippen molar-refractivity contribution in [2.45, 2.75) is 221 Å². The SMILES string of the molecule is CCCCCCCCC(CC)CCCCCCCCCO.CCCCCCCCCCCCCC(=O)OC(C)C. The quantitative estimate of drug-likeness (QED) is 0.0692. The van der Waals surface area contributed by atoms with Crippen molar-refractivity contribution >= 4 is 5.97 Å². The number of ether oxygens (including phenoxy) is 1. The highest BCUT2D eigenvalue weighted by Gasteiger charge is 2.06. The Balaban J connectivity index is 0. The minimum absolute atomic E-state index is 0.0280. The maximum absolute atomic E-state index is 11.3. The molecular weight excluding hydrogens is 492 g/mol. The number of hydrogen-bond acceptors (Lipinski definition) is 3. The van der Waals surface area contributed by atoms with Gasteiger partial charge in [0.15, 0.2) is 0 Å². The lowest BCUT2D eigenvalue weighted by molar-refractivity contribution is -0.147. The molecule has 0 rings (SSSR count). The molecular formula is C37H76O3. The van der Waals surface area contributed by atoms with E-state index in [2.05, 4.69) is 20.8 Å². The standard InChI is InChI=1S/C20H42O.C17H34O2/c1-3-5-6-7-11-14-17-20(4-2)18-15-12-9-8-10-13-16-19-21;1-4-5-6-7-8-9-10-11-12-13-14-15-17(18)19-16(2)3/h20-21H,3-19H2,1-2H3;16H,4-15H2,1-3H3. The zero-order chi connectivity index (χ0) is 29.9. The van der Waals surface area contributed by atoms with Crippen LogP contribution in [0.1, 0.15) is 214 Å². The van der Waals surface area contributed by atoms with E-state index in [0.29, 0.717) is 13.0 Å². The molecule has 1 N–H and O–H groups in total. The lowest BCUT2D eigenvalue weighted by atomic mass is 9.92. The Labute approximate surface area is 253 Å². The highest BCUT2D eigenvalue weighted by molar-refractivity contribution is 5.69. The third kappa shape index (κ3) is 37.4. The molecule has 0 bridgehead atoms. The molecule has 0 heterocycles. The number of carbonyl (C=O) groups is 1. The van der Waals surface area contributed by atoms with Crippen LogP contribution in [0.15, 0.2) is 0 Å². The monoisotopic (exact) mass is 569 g/mol. The van der Waals surface area contributed by atoms with Gasteiger partial charge < -0.3 is 9.84 Å². The summed E-state index contributed by atoms with van der Waals surface area (Å²) >= 11 is 0. The van der Waals surface area contributed by atoms with Crippen LogP contribution in [0.2, 0.25) is 0 Å². The first-order valence-corrected chi connectivity index (χ1v) is 18.3. The van der Waals surface area contributed by atoms with Gasteiger partial charge in [0.1, 0.15) is 0 Å². The fourth-order valence-electron chi connectivity index (χ4n) is 5.45. The van der Waals surface area contributed by atoms with Crippen molar-refractivity contribution in [1.82, 2.24) is 0 Å². The van der Waals surface area contributed by atoms with Crippen LogP contribution in [0, 0.1) is 5.92 Å². The number of esters is 1. The van der Waals surface area contributed by atoms with Gasteiger partial charge in [-0.25, -0.2) is 0 Å². The van der Waals surface area contributed by atoms with Crippen LogP contribution < -0.4 is 0 Å². The van der Waals surface area contributed by atoms with Crippen molar-refractivity contribution in [3.8, 4) is 0 Å². The fraction of sp³-hybridized carbons (Fsp3) is 0.973. The molecule has 1 unspecified atom stereocenters. The van der Waals surface area contributed by atoms with Gasteiger partial charge in [-0.2, -0.15) is 0 Å². The van der Waals surface area contributed by atoms with Gasteiger partial charge >= 0.3 is 5.97 Å². The van der Waals surface area contributed by atoms with E-state index in [1.54, 1.807) is 0 Å². The summed E-state index contributed by atoms with van der Waals surface area (Å²) in [5.41, 5.74) is 0. The topological polar surface area (TPSA) is 46.5 Å². The van der Waals surface area contributed by atoms with E-state index < -0.39 is 0 Å². The second-order valence-electron chi connectivity index (χ2n) is 12.6. The zero-order valence-electron chi connectivity index (χ0n) is 28.4. The van der Waals surface area contributed by atoms with E-state index in [1.165, 1.54) is 161 Å². The minimum Gasteiger partial charge on any atom is -0.463 e. The van der Waals surface area contributed by atoms with Crippen LogP contribution in [-0.4, -0.2) is 23.8 Å². The van der Waals surface area contributed by atoms with Crippen molar-refractivity contribution in [2.75, 3.05) is 6.61 Å². The molecule has 0 aliphatic rings. The van der Waals surface area contributed by atoms with E-state index in [9.17, 15) is 4.79 Å². The molecule has 0 aromatic heterocycles. The molecule has 1 atom stereocenters. The third-order valence-electron chi connectivity index (χ3n) is 8.17. The summed E-state index contributed by atoms with van der Waals surface area (Å²) in [4.78, 5) is 11.3. The number of aliphatic hydroxyl groups is 1. The van der Waals surface area contributed by atoms with E-state index in [4.69, 9.17) is 9.84 Å². The van der Waals surface area contributed by atoms with Crippen molar-refractivity contribution in [3.63, 3.8) is 0 Å². The van der Waals surface area contributed by atoms with Gasteiger partial charge in [-0.15, -0.1) is 0 Å². The Bertz CT molecular complexity index is 462. The first-order valence-electron chi connectivity index (χ1n) is 18.3. The zero-order valence-corrected chi connectivity index (χ0v) is 28.4. The maximum atomic E-state index is 11.3. The second kappa shape index (κ2) is 36.5. The Hall–Kier alpha value is -0.570. The van der Waals surface area contributed by atoms with Crippen molar-refractivity contribution in [3.05, 3.63) is 0 Å². The Kier molecular flexibility index (Phi) is 37.9. The summed E-state index contributed by atoms with van der Waals surface area (Å²) in [5.74, 6) is 0.955. The molecule has 3 heteroatoms. The molecule has 3 nitrogen and oxygen atoms in total. The molecule has 0 aliphatic heterocycles. The Morgan fingerprint density at radius 1 is 0.525 bits per heavy atom. The minimum atomic E-state index is -0.0362. The summed E-state index contributed by atoms with van der Waals surface area (Å²) in [6, 6.07) is 0. The van der Waals surface area contributed by atoms with Gasteiger partial charge in [0.25, 0.3) is 0 Å². The van der Waals surface area contributed by atoms with Crippen LogP contribution in [0.4, 0.5) is 0 Å². The number of hydrogen-bond donors (Lipinski definition) is 1. The van der Waals surface area contributed by atoms with Gasteiger partial charge in [0, 0.05) is 13.0 Å². The number of aliphatic hydroxyl groups excluding tert-OH is 1. The average Bonchev–Trinajstić information content (AvgIpc) is 2.93. The number of unbranched alkanes of at least 4 members (excludes halogenated alkanes) is 21. The van der Waals surface area contributed by atoms with Gasteiger partial charge in [0.05, 0.1) is 6.10 Å². The third-order valence-corrected chi connectivity index (χ3v) is 8.17. The van der Waals surface area contributed by atoms with E-state index >= 15 is 0 Å². The largest absolute Gasteiger partial charge is 0.463 e. The van der Waals surface area contributed by atoms with Crippen LogP contribution in [0.3, 0.4) is 0 Å². The molecule has 0 aromatic rings. The number of rotatable bonds is 30. The van der Waals surface area contributed by atoms with E-state index in [0.717, 1.165) is 18.8 Å². The molecule has 0 amide bonds. The van der Waals surface area contributed by atoms with Crippen molar-refractivity contribution < 1.29 is 14.6 Å². The van der Waals surface area contributed by atoms with E-state index in [1.807, 2.05) is 13.8 Å². The van der Waals surface area contributed by atoms with Crippen LogP contribution in [-0.2, 0) is 9.53 Å². The van der Waals surface area contributed by atoms with Gasteiger partial charge in [0.2, 0.25) is 0 Å². The maximum Gasteiger partial charge on any atom is 0.306 e. The molecule has 0 radical (unpaired) electrons. The van der Waals surface area contributed by atoms with Gasteiger partial charge in [-0.3, -0.25) is 4.79 Å². The lowest BCUT2D eigenvalue weighted by Gasteiger charge is -2.14. The summed E-state index contributed by atoms with van der Waals surface area (Å²) in [7, 11) is 0. The van der Waals surface area contributed by atoms with Crippen molar-refractivity contribution in [1.29, 1.82) is 0 Å². The smallest absolute Gasteiger partial charge is 0.306 e. The van der Waals surface area contributed by atoms with Crippen LogP contribution in [0.25, 0.3) is 0 Å². The Morgan fingerprint density at radius 2 is 0.875 bits per heavy atom. The average molecular weight is 569 g/mol. The highest BCUT2D eigenvalue weighted by atomic mass is 16.5. The summed E-state index contributed by atoms with van der Waals surface area (Å²) < 4.78 is 5.10. The first-order chi connectivity index (χ1) is 19.5. The molecule has 0 aliphatic carbocycles. The molecule has 0 saturated heterocycles. The molecule has 0 fully saturated rings. The lowest BCUT2D eigenvalue weighted by Crippen LogP contribution is -2.10. The molecule has 40 heavy (non-hydrogen) atoms. The van der Waals surface area contributed by atoms with Crippen LogP contribution in [0.5, 0.6) is 0 Å². The predicted molar refractivity (Wildman–Crippen MR) is 178 cm³/mol. The summed E-state index contributed by atoms with van der Waals surface area (Å²) in [5, 5.41) is 8.73. The van der Waals surface area contributed by atoms with Gasteiger partial charge in [-0.1, -0.05) is 181 Å². The fourth-order valence-corrected chi connectivity index (χ4v) is 5.45. The summed E-state index contributed by atoms with van der Waals surface area (Å²) in [6.45, 7) is 11.1. The van der Waals surface area contributed by atoms with E-state index in [-0.39, 0.29) is 12.1 Å². The van der Waals surface area contributed by atoms with Crippen LogP contribution >= 0.6 is 0 Å². The first kappa shape index (κ1) is 41.6. The highest BCUT2D eigenvalue weighted by Crippen LogP contribution is 2.21. The predicted octanol–water partition coefficient (Wildman–Crippen LogP) is 12.5. The molecule has 0 saturated carbocycles. The van der Waals surface area contributed by atoms with Crippen molar-refractivity contribution in [2.24, 2.45) is 5.92 Å². The molecule has 242 valence electrons. The molecule has 0 spiro atoms. The Morgan fingerprint density at radius 3 is 1.23 bits per heavy atom. The summed E-state index contributed by atoms with van der Waals surface area (Å²) in [6.07, 6.45) is 37.2. The second-order valence-corrected chi connectivity index (χ2v) is 12.6. The van der Waals surface area contributed by atoms with Gasteiger partial charge in [-0.05, 0) is 32.6 Å². The number of carbonyl (C=O) groups excluding carboxylic acids is 1.